The van der Waals surface area contributed by atoms with Gasteiger partial charge in [-0.05, 0) is 13.0 Å². The number of carbonyl (C=O) groups is 1. The molecule has 96 valence electrons. The highest BCUT2D eigenvalue weighted by molar-refractivity contribution is 7.13. The van der Waals surface area contributed by atoms with Crippen molar-refractivity contribution in [3.8, 4) is 6.07 Å². The Morgan fingerprint density at radius 1 is 1.63 bits per heavy atom. The average Bonchev–Trinajstić information content (AvgIpc) is 3.00. The summed E-state index contributed by atoms with van der Waals surface area (Å²) in [5.41, 5.74) is 1.65. The summed E-state index contributed by atoms with van der Waals surface area (Å²) >= 11 is 1.30. The zero-order valence-electron chi connectivity index (χ0n) is 10.4. The van der Waals surface area contributed by atoms with Crippen molar-refractivity contribution in [1.29, 1.82) is 5.26 Å². The molecule has 0 saturated carbocycles. The van der Waals surface area contributed by atoms with E-state index < -0.39 is 5.91 Å². The lowest BCUT2D eigenvalue weighted by Crippen LogP contribution is -2.13. The molecule has 2 rings (SSSR count). The van der Waals surface area contributed by atoms with E-state index in [1.54, 1.807) is 29.5 Å². The molecule has 2 aromatic heterocycles. The zero-order valence-corrected chi connectivity index (χ0v) is 11.2. The molecular weight excluding hydrogens is 262 g/mol. The second-order valence-corrected chi connectivity index (χ2v) is 4.66. The summed E-state index contributed by atoms with van der Waals surface area (Å²) in [6.45, 7) is 1.87. The lowest BCUT2D eigenvalue weighted by Gasteiger charge is -2.00. The highest BCUT2D eigenvalue weighted by atomic mass is 32.1. The van der Waals surface area contributed by atoms with Crippen LogP contribution in [0.5, 0.6) is 0 Å². The van der Waals surface area contributed by atoms with Crippen LogP contribution in [0.15, 0.2) is 23.3 Å². The molecular formula is C12H11N5OS. The van der Waals surface area contributed by atoms with Gasteiger partial charge in [-0.15, -0.1) is 11.3 Å². The van der Waals surface area contributed by atoms with Crippen molar-refractivity contribution in [2.45, 2.75) is 6.92 Å². The number of thiazole rings is 1. The van der Waals surface area contributed by atoms with E-state index in [-0.39, 0.29) is 5.57 Å². The van der Waals surface area contributed by atoms with Crippen molar-refractivity contribution in [2.24, 2.45) is 7.05 Å². The van der Waals surface area contributed by atoms with E-state index in [9.17, 15) is 4.79 Å². The van der Waals surface area contributed by atoms with E-state index in [1.807, 2.05) is 13.0 Å². The Hall–Kier alpha value is -2.46. The molecule has 0 aliphatic carbocycles. The maximum atomic E-state index is 11.9. The van der Waals surface area contributed by atoms with Gasteiger partial charge in [-0.3, -0.25) is 14.8 Å². The van der Waals surface area contributed by atoms with E-state index in [4.69, 9.17) is 5.26 Å². The molecule has 2 aromatic rings. The van der Waals surface area contributed by atoms with Crippen LogP contribution >= 0.6 is 11.3 Å². The van der Waals surface area contributed by atoms with Crippen LogP contribution in [-0.4, -0.2) is 20.7 Å². The third-order valence-corrected chi connectivity index (χ3v) is 3.28. The van der Waals surface area contributed by atoms with Gasteiger partial charge in [0, 0.05) is 29.9 Å². The first-order valence-electron chi connectivity index (χ1n) is 5.43. The number of nitrogens with one attached hydrogen (secondary N) is 1. The lowest BCUT2D eigenvalue weighted by molar-refractivity contribution is -0.112. The molecule has 7 heteroatoms. The highest BCUT2D eigenvalue weighted by Crippen LogP contribution is 2.14. The number of aromatic nitrogens is 3. The molecule has 19 heavy (non-hydrogen) atoms. The number of carbonyl (C=O) groups excluding carboxylic acids is 1. The molecule has 6 nitrogen and oxygen atoms in total. The molecule has 2 heterocycles. The number of anilines is 1. The molecule has 0 unspecified atom stereocenters. The van der Waals surface area contributed by atoms with Gasteiger partial charge in [-0.1, -0.05) is 0 Å². The number of hydrogen-bond acceptors (Lipinski definition) is 5. The van der Waals surface area contributed by atoms with Crippen LogP contribution in [0.3, 0.4) is 0 Å². The fourth-order valence-corrected chi connectivity index (χ4v) is 1.94. The zero-order chi connectivity index (χ0) is 13.8. The number of rotatable bonds is 3. The second-order valence-electron chi connectivity index (χ2n) is 3.77. The SMILES string of the molecule is Cc1c(/C=C(\C#N)C(=O)Nc2nccs2)cnn1C. The summed E-state index contributed by atoms with van der Waals surface area (Å²) < 4.78 is 1.68. The van der Waals surface area contributed by atoms with Crippen LogP contribution in [0.4, 0.5) is 5.13 Å². The van der Waals surface area contributed by atoms with Gasteiger partial charge < -0.3 is 0 Å². The van der Waals surface area contributed by atoms with Crippen molar-refractivity contribution < 1.29 is 4.79 Å². The minimum Gasteiger partial charge on any atom is -0.297 e. The van der Waals surface area contributed by atoms with Crippen molar-refractivity contribution in [3.05, 3.63) is 34.6 Å². The van der Waals surface area contributed by atoms with Crippen LogP contribution in [0.2, 0.25) is 0 Å². The Morgan fingerprint density at radius 2 is 2.42 bits per heavy atom. The van der Waals surface area contributed by atoms with E-state index in [0.29, 0.717) is 5.13 Å². The maximum absolute atomic E-state index is 11.9. The Bertz CT molecular complexity index is 663. The van der Waals surface area contributed by atoms with Gasteiger partial charge in [-0.25, -0.2) is 4.98 Å². The van der Waals surface area contributed by atoms with Gasteiger partial charge in [0.25, 0.3) is 5.91 Å². The molecule has 0 spiro atoms. The maximum Gasteiger partial charge on any atom is 0.268 e. The number of hydrogen-bond donors (Lipinski definition) is 1. The molecule has 0 radical (unpaired) electrons. The third kappa shape index (κ3) is 2.86. The van der Waals surface area contributed by atoms with Gasteiger partial charge in [0.05, 0.1) is 6.20 Å². The monoisotopic (exact) mass is 273 g/mol. The van der Waals surface area contributed by atoms with Crippen LogP contribution in [0.25, 0.3) is 6.08 Å². The van der Waals surface area contributed by atoms with E-state index in [0.717, 1.165) is 11.3 Å². The van der Waals surface area contributed by atoms with Crippen molar-refractivity contribution >= 4 is 28.5 Å². The second kappa shape index (κ2) is 5.46. The van der Waals surface area contributed by atoms with Gasteiger partial charge in [0.2, 0.25) is 0 Å². The molecule has 0 saturated heterocycles. The molecule has 0 fully saturated rings. The van der Waals surface area contributed by atoms with E-state index in [2.05, 4.69) is 15.4 Å². The Kier molecular flexibility index (Phi) is 3.73. The quantitative estimate of drug-likeness (QED) is 0.682. The predicted molar refractivity (Wildman–Crippen MR) is 72.3 cm³/mol. The van der Waals surface area contributed by atoms with Crippen LogP contribution in [-0.2, 0) is 11.8 Å². The lowest BCUT2D eigenvalue weighted by atomic mass is 10.1. The fourth-order valence-electron chi connectivity index (χ4n) is 1.41. The summed E-state index contributed by atoms with van der Waals surface area (Å²) in [7, 11) is 1.80. The number of aryl methyl sites for hydroxylation is 1. The minimum absolute atomic E-state index is 0.0197. The first-order valence-corrected chi connectivity index (χ1v) is 6.31. The van der Waals surface area contributed by atoms with Gasteiger partial charge in [0.1, 0.15) is 11.6 Å². The number of nitriles is 1. The van der Waals surface area contributed by atoms with Crippen molar-refractivity contribution in [3.63, 3.8) is 0 Å². The normalized spacial score (nSPS) is 11.1. The first kappa shape index (κ1) is 13.0. The van der Waals surface area contributed by atoms with Gasteiger partial charge >= 0.3 is 0 Å². The smallest absolute Gasteiger partial charge is 0.268 e. The summed E-state index contributed by atoms with van der Waals surface area (Å²) in [6.07, 6.45) is 4.72. The Labute approximate surface area is 114 Å². The van der Waals surface area contributed by atoms with Gasteiger partial charge in [0.15, 0.2) is 5.13 Å². The Morgan fingerprint density at radius 3 is 2.95 bits per heavy atom. The molecule has 0 atom stereocenters. The molecule has 0 aromatic carbocycles. The van der Waals surface area contributed by atoms with Crippen LogP contribution in [0.1, 0.15) is 11.3 Å². The molecule has 0 aliphatic heterocycles. The largest absolute Gasteiger partial charge is 0.297 e. The molecule has 1 amide bonds. The molecule has 1 N–H and O–H groups in total. The van der Waals surface area contributed by atoms with E-state index in [1.165, 1.54) is 17.4 Å². The number of amides is 1. The third-order valence-electron chi connectivity index (χ3n) is 2.59. The van der Waals surface area contributed by atoms with Crippen molar-refractivity contribution in [2.75, 3.05) is 5.32 Å². The van der Waals surface area contributed by atoms with Crippen molar-refractivity contribution in [1.82, 2.24) is 14.8 Å². The van der Waals surface area contributed by atoms with Gasteiger partial charge in [-0.2, -0.15) is 10.4 Å². The Balaban J connectivity index is 2.23. The predicted octanol–water partition coefficient (Wildman–Crippen LogP) is 1.73. The number of nitrogens with zero attached hydrogens (tertiary/aromatic N) is 4. The standard InChI is InChI=1S/C12H11N5OS/c1-8-10(7-15-17(8)2)5-9(6-13)11(18)16-12-14-3-4-19-12/h3-5,7H,1-2H3,(H,14,16,18)/b9-5+. The molecule has 0 bridgehead atoms. The summed E-state index contributed by atoms with van der Waals surface area (Å²) in [5, 5.41) is 17.9. The van der Waals surface area contributed by atoms with Crippen LogP contribution < -0.4 is 5.32 Å². The van der Waals surface area contributed by atoms with Crippen LogP contribution in [0, 0.1) is 18.3 Å². The fraction of sp³-hybridized carbons (Fsp3) is 0.167. The highest BCUT2D eigenvalue weighted by Gasteiger charge is 2.12. The first-order chi connectivity index (χ1) is 9.11. The van der Waals surface area contributed by atoms with E-state index >= 15 is 0 Å². The summed E-state index contributed by atoms with van der Waals surface area (Å²) in [4.78, 5) is 15.8. The minimum atomic E-state index is -0.472. The summed E-state index contributed by atoms with van der Waals surface area (Å²) in [6, 6.07) is 1.89. The topological polar surface area (TPSA) is 83.6 Å². The summed E-state index contributed by atoms with van der Waals surface area (Å²) in [5.74, 6) is -0.472. The molecule has 0 aliphatic rings. The average molecular weight is 273 g/mol.